The van der Waals surface area contributed by atoms with E-state index in [9.17, 15) is 13.2 Å². The van der Waals surface area contributed by atoms with Crippen molar-refractivity contribution in [3.8, 4) is 0 Å². The number of hydrogen-bond donors (Lipinski definition) is 0. The molecule has 0 unspecified atom stereocenters. The Bertz CT molecular complexity index is 347. The van der Waals surface area contributed by atoms with Gasteiger partial charge in [-0.1, -0.05) is 22.0 Å². The Balaban J connectivity index is 2.99. The smallest absolute Gasteiger partial charge is 0.305 e. The molecule has 0 aliphatic rings. The maximum absolute atomic E-state index is 12.4. The van der Waals surface area contributed by atoms with Crippen LogP contribution in [0.5, 0.6) is 0 Å². The van der Waals surface area contributed by atoms with Crippen molar-refractivity contribution in [2.24, 2.45) is 0 Å². The molecule has 0 heterocycles. The Hall–Kier alpha value is -0.550. The van der Waals surface area contributed by atoms with Crippen molar-refractivity contribution < 1.29 is 13.2 Å². The molecule has 0 atom stereocenters. The van der Waals surface area contributed by atoms with Crippen molar-refractivity contribution in [2.75, 3.05) is 14.1 Å². The molecule has 1 aromatic rings. The van der Waals surface area contributed by atoms with Crippen molar-refractivity contribution in [3.63, 3.8) is 0 Å². The number of nitrogens with zero attached hydrogens (tertiary/aromatic N) is 1. The van der Waals surface area contributed by atoms with Gasteiger partial charge < -0.3 is 4.90 Å². The number of hydrogen-bond acceptors (Lipinski definition) is 1. The predicted octanol–water partition coefficient (Wildman–Crippen LogP) is 3.53. The average Bonchev–Trinajstić information content (AvgIpc) is 1.99. The Morgan fingerprint density at radius 2 is 1.87 bits per heavy atom. The van der Waals surface area contributed by atoms with E-state index in [1.807, 2.05) is 19.0 Å². The first-order chi connectivity index (χ1) is 6.80. The Morgan fingerprint density at radius 3 is 2.27 bits per heavy atom. The standard InChI is InChI=1S/C10H11BrF3N/c1-15(2)6-7-3-4-8(9(11)5-7)10(12,13)14/h3-5H,6H2,1-2H3. The van der Waals surface area contributed by atoms with E-state index in [-0.39, 0.29) is 4.47 Å². The third-order valence-electron chi connectivity index (χ3n) is 1.84. The summed E-state index contributed by atoms with van der Waals surface area (Å²) in [6, 6.07) is 4.10. The van der Waals surface area contributed by atoms with Crippen LogP contribution in [0, 0.1) is 0 Å². The van der Waals surface area contributed by atoms with Crippen LogP contribution < -0.4 is 0 Å². The van der Waals surface area contributed by atoms with E-state index in [0.29, 0.717) is 6.54 Å². The van der Waals surface area contributed by atoms with E-state index in [1.165, 1.54) is 12.1 Å². The molecule has 0 radical (unpaired) electrons. The second-order valence-electron chi connectivity index (χ2n) is 3.55. The lowest BCUT2D eigenvalue weighted by atomic mass is 10.1. The van der Waals surface area contributed by atoms with Gasteiger partial charge in [-0.15, -0.1) is 0 Å². The molecule has 1 rings (SSSR count). The first-order valence-electron chi connectivity index (χ1n) is 4.31. The molecule has 84 valence electrons. The van der Waals surface area contributed by atoms with Crippen molar-refractivity contribution in [3.05, 3.63) is 33.8 Å². The van der Waals surface area contributed by atoms with Gasteiger partial charge in [0.25, 0.3) is 0 Å². The molecule has 0 amide bonds. The van der Waals surface area contributed by atoms with Crippen LogP contribution in [0.15, 0.2) is 22.7 Å². The Morgan fingerprint density at radius 1 is 1.27 bits per heavy atom. The zero-order valence-corrected chi connectivity index (χ0v) is 9.98. The largest absolute Gasteiger partial charge is 0.417 e. The maximum Gasteiger partial charge on any atom is 0.417 e. The van der Waals surface area contributed by atoms with E-state index in [2.05, 4.69) is 15.9 Å². The van der Waals surface area contributed by atoms with Gasteiger partial charge in [0.1, 0.15) is 0 Å². The molecule has 0 aliphatic carbocycles. The van der Waals surface area contributed by atoms with Crippen molar-refractivity contribution in [2.45, 2.75) is 12.7 Å². The van der Waals surface area contributed by atoms with E-state index in [0.717, 1.165) is 11.6 Å². The van der Waals surface area contributed by atoms with Gasteiger partial charge in [0, 0.05) is 11.0 Å². The lowest BCUT2D eigenvalue weighted by Crippen LogP contribution is -2.12. The quantitative estimate of drug-likeness (QED) is 0.802. The fourth-order valence-electron chi connectivity index (χ4n) is 1.25. The van der Waals surface area contributed by atoms with Crippen LogP contribution in [-0.4, -0.2) is 19.0 Å². The summed E-state index contributed by atoms with van der Waals surface area (Å²) in [7, 11) is 3.73. The molecule has 5 heteroatoms. The van der Waals surface area contributed by atoms with Gasteiger partial charge in [-0.05, 0) is 31.8 Å². The number of rotatable bonds is 2. The molecule has 0 bridgehead atoms. The van der Waals surface area contributed by atoms with Gasteiger partial charge in [0.15, 0.2) is 0 Å². The summed E-state index contributed by atoms with van der Waals surface area (Å²) in [5, 5.41) is 0. The average molecular weight is 282 g/mol. The van der Waals surface area contributed by atoms with Crippen LogP contribution in [0.25, 0.3) is 0 Å². The second kappa shape index (κ2) is 4.53. The highest BCUT2D eigenvalue weighted by Gasteiger charge is 2.32. The van der Waals surface area contributed by atoms with Crippen LogP contribution in [-0.2, 0) is 12.7 Å². The van der Waals surface area contributed by atoms with Gasteiger partial charge in [-0.3, -0.25) is 0 Å². The molecule has 0 aliphatic heterocycles. The van der Waals surface area contributed by atoms with E-state index in [4.69, 9.17) is 0 Å². The lowest BCUT2D eigenvalue weighted by molar-refractivity contribution is -0.138. The summed E-state index contributed by atoms with van der Waals surface area (Å²) in [5.74, 6) is 0. The zero-order valence-electron chi connectivity index (χ0n) is 8.40. The predicted molar refractivity (Wildman–Crippen MR) is 56.5 cm³/mol. The minimum absolute atomic E-state index is 0.0920. The fraction of sp³-hybridized carbons (Fsp3) is 0.400. The fourth-order valence-corrected chi connectivity index (χ4v) is 1.90. The van der Waals surface area contributed by atoms with Crippen LogP contribution in [0.3, 0.4) is 0 Å². The van der Waals surface area contributed by atoms with Gasteiger partial charge in [-0.2, -0.15) is 13.2 Å². The number of alkyl halides is 3. The number of benzene rings is 1. The summed E-state index contributed by atoms with van der Waals surface area (Å²) in [5.41, 5.74) is 0.213. The minimum Gasteiger partial charge on any atom is -0.305 e. The molecule has 1 nitrogen and oxygen atoms in total. The molecule has 0 saturated carbocycles. The maximum atomic E-state index is 12.4. The SMILES string of the molecule is CN(C)Cc1ccc(C(F)(F)F)c(Br)c1. The number of halogens is 4. The first-order valence-corrected chi connectivity index (χ1v) is 5.10. The second-order valence-corrected chi connectivity index (χ2v) is 4.40. The third kappa shape index (κ3) is 3.50. The molecule has 15 heavy (non-hydrogen) atoms. The topological polar surface area (TPSA) is 3.24 Å². The van der Waals surface area contributed by atoms with Gasteiger partial charge in [0.2, 0.25) is 0 Å². The summed E-state index contributed by atoms with van der Waals surface area (Å²) < 4.78 is 37.3. The minimum atomic E-state index is -4.30. The van der Waals surface area contributed by atoms with E-state index < -0.39 is 11.7 Å². The summed E-state index contributed by atoms with van der Waals surface area (Å²) in [4.78, 5) is 1.90. The summed E-state index contributed by atoms with van der Waals surface area (Å²) >= 11 is 2.93. The molecule has 1 aromatic carbocycles. The van der Waals surface area contributed by atoms with Crippen LogP contribution >= 0.6 is 15.9 Å². The van der Waals surface area contributed by atoms with Gasteiger partial charge in [0.05, 0.1) is 5.56 Å². The lowest BCUT2D eigenvalue weighted by Gasteiger charge is -2.13. The summed E-state index contributed by atoms with van der Waals surface area (Å²) in [6.45, 7) is 0.622. The van der Waals surface area contributed by atoms with Gasteiger partial charge in [-0.25, -0.2) is 0 Å². The molecular weight excluding hydrogens is 271 g/mol. The molecule has 0 saturated heterocycles. The van der Waals surface area contributed by atoms with Crippen molar-refractivity contribution >= 4 is 15.9 Å². The highest BCUT2D eigenvalue weighted by atomic mass is 79.9. The highest BCUT2D eigenvalue weighted by molar-refractivity contribution is 9.10. The van der Waals surface area contributed by atoms with E-state index in [1.54, 1.807) is 0 Å². The molecule has 0 N–H and O–H groups in total. The Labute approximate surface area is 95.0 Å². The zero-order chi connectivity index (χ0) is 11.6. The van der Waals surface area contributed by atoms with Crippen molar-refractivity contribution in [1.29, 1.82) is 0 Å². The van der Waals surface area contributed by atoms with Crippen LogP contribution in [0.2, 0.25) is 0 Å². The summed E-state index contributed by atoms with van der Waals surface area (Å²) in [6.07, 6.45) is -4.30. The third-order valence-corrected chi connectivity index (χ3v) is 2.49. The van der Waals surface area contributed by atoms with Crippen molar-refractivity contribution in [1.82, 2.24) is 4.90 Å². The monoisotopic (exact) mass is 281 g/mol. The normalized spacial score (nSPS) is 12.2. The molecular formula is C10H11BrF3N. The molecule has 0 fully saturated rings. The molecule has 0 aromatic heterocycles. The van der Waals surface area contributed by atoms with E-state index >= 15 is 0 Å². The first kappa shape index (κ1) is 12.5. The Kier molecular flexibility index (Phi) is 3.78. The van der Waals surface area contributed by atoms with Gasteiger partial charge >= 0.3 is 6.18 Å². The van der Waals surface area contributed by atoms with Crippen LogP contribution in [0.4, 0.5) is 13.2 Å². The van der Waals surface area contributed by atoms with Crippen LogP contribution in [0.1, 0.15) is 11.1 Å². The highest BCUT2D eigenvalue weighted by Crippen LogP contribution is 2.35. The molecule has 0 spiro atoms.